The number of piperidine rings is 1. The highest BCUT2D eigenvalue weighted by molar-refractivity contribution is 4.97. The molecule has 0 radical (unpaired) electrons. The van der Waals surface area contributed by atoms with E-state index in [4.69, 9.17) is 0 Å². The van der Waals surface area contributed by atoms with Crippen LogP contribution in [-0.4, -0.2) is 12.1 Å². The smallest absolute Gasteiger partial charge is 0.00981 e. The van der Waals surface area contributed by atoms with Gasteiger partial charge in [0.15, 0.2) is 0 Å². The summed E-state index contributed by atoms with van der Waals surface area (Å²) < 4.78 is 0. The van der Waals surface area contributed by atoms with Crippen molar-refractivity contribution in [3.05, 3.63) is 0 Å². The van der Waals surface area contributed by atoms with Gasteiger partial charge in [-0.15, -0.1) is 0 Å². The molecule has 0 aromatic heterocycles. The minimum Gasteiger partial charge on any atom is -0.311 e. The fourth-order valence-corrected chi connectivity index (χ4v) is 3.74. The standard InChI is InChI=1S/C11H19N/c1-3-8-7-9-4-2-6-11(9)12-10(8)5-1/h8-12H,1-7H2/t8-,9+,10-,11+. The van der Waals surface area contributed by atoms with Crippen LogP contribution in [0.1, 0.15) is 44.9 Å². The maximum atomic E-state index is 3.88. The quantitative estimate of drug-likeness (QED) is 0.581. The van der Waals surface area contributed by atoms with Crippen LogP contribution in [-0.2, 0) is 0 Å². The van der Waals surface area contributed by atoms with Crippen LogP contribution in [0.2, 0.25) is 0 Å². The highest BCUT2D eigenvalue weighted by atomic mass is 15.0. The zero-order valence-corrected chi connectivity index (χ0v) is 7.76. The number of hydrogen-bond acceptors (Lipinski definition) is 1. The van der Waals surface area contributed by atoms with Crippen molar-refractivity contribution in [2.24, 2.45) is 11.8 Å². The molecule has 2 aliphatic carbocycles. The van der Waals surface area contributed by atoms with Gasteiger partial charge in [0.05, 0.1) is 0 Å². The molecule has 3 fully saturated rings. The van der Waals surface area contributed by atoms with E-state index < -0.39 is 0 Å². The van der Waals surface area contributed by atoms with Gasteiger partial charge < -0.3 is 5.32 Å². The lowest BCUT2D eigenvalue weighted by atomic mass is 9.83. The Balaban J connectivity index is 1.75. The third-order valence-corrected chi connectivity index (χ3v) is 4.35. The highest BCUT2D eigenvalue weighted by Gasteiger charge is 2.40. The Kier molecular flexibility index (Phi) is 1.68. The molecule has 1 saturated heterocycles. The lowest BCUT2D eigenvalue weighted by molar-refractivity contribution is 0.203. The van der Waals surface area contributed by atoms with E-state index in [0.29, 0.717) is 0 Å². The zero-order valence-electron chi connectivity index (χ0n) is 7.76. The monoisotopic (exact) mass is 165 g/mol. The van der Waals surface area contributed by atoms with Gasteiger partial charge in [-0.25, -0.2) is 0 Å². The predicted molar refractivity (Wildman–Crippen MR) is 50.0 cm³/mol. The zero-order chi connectivity index (χ0) is 7.97. The molecule has 1 heteroatoms. The van der Waals surface area contributed by atoms with Crippen LogP contribution in [0.4, 0.5) is 0 Å². The summed E-state index contributed by atoms with van der Waals surface area (Å²) >= 11 is 0. The summed E-state index contributed by atoms with van der Waals surface area (Å²) in [7, 11) is 0. The summed E-state index contributed by atoms with van der Waals surface area (Å²) in [6.07, 6.45) is 10.5. The SMILES string of the molecule is C1C[C@H]2C[C@H]3CCC[C@H]3N[C@H]2C1. The first-order valence-electron chi connectivity index (χ1n) is 5.69. The third-order valence-electron chi connectivity index (χ3n) is 4.35. The van der Waals surface area contributed by atoms with Crippen molar-refractivity contribution >= 4 is 0 Å². The number of rotatable bonds is 0. The second-order valence-electron chi connectivity index (χ2n) is 5.00. The van der Waals surface area contributed by atoms with Crippen molar-refractivity contribution in [3.63, 3.8) is 0 Å². The molecular formula is C11H19N. The molecule has 12 heavy (non-hydrogen) atoms. The maximum absolute atomic E-state index is 3.88. The fourth-order valence-electron chi connectivity index (χ4n) is 3.74. The third kappa shape index (κ3) is 1.02. The lowest BCUT2D eigenvalue weighted by Gasteiger charge is -2.36. The largest absolute Gasteiger partial charge is 0.311 e. The molecule has 0 amide bonds. The predicted octanol–water partition coefficient (Wildman–Crippen LogP) is 2.32. The summed E-state index contributed by atoms with van der Waals surface area (Å²) in [6, 6.07) is 1.84. The Hall–Kier alpha value is -0.0400. The molecule has 0 aromatic rings. The van der Waals surface area contributed by atoms with Crippen LogP contribution >= 0.6 is 0 Å². The van der Waals surface area contributed by atoms with E-state index in [1.54, 1.807) is 6.42 Å². The molecule has 2 saturated carbocycles. The molecule has 1 nitrogen and oxygen atoms in total. The minimum atomic E-state index is 0.921. The van der Waals surface area contributed by atoms with Crippen LogP contribution in [0.25, 0.3) is 0 Å². The Morgan fingerprint density at radius 2 is 1.33 bits per heavy atom. The van der Waals surface area contributed by atoms with Crippen LogP contribution in [0.15, 0.2) is 0 Å². The second-order valence-corrected chi connectivity index (χ2v) is 5.00. The van der Waals surface area contributed by atoms with E-state index in [1.165, 1.54) is 38.5 Å². The lowest BCUT2D eigenvalue weighted by Crippen LogP contribution is -2.47. The van der Waals surface area contributed by atoms with Gasteiger partial charge in [-0.3, -0.25) is 0 Å². The summed E-state index contributed by atoms with van der Waals surface area (Å²) in [4.78, 5) is 0. The van der Waals surface area contributed by atoms with E-state index in [1.807, 2.05) is 0 Å². The van der Waals surface area contributed by atoms with Crippen molar-refractivity contribution in [1.29, 1.82) is 0 Å². The molecule has 68 valence electrons. The average molecular weight is 165 g/mol. The van der Waals surface area contributed by atoms with Gasteiger partial charge in [0.25, 0.3) is 0 Å². The van der Waals surface area contributed by atoms with Crippen LogP contribution in [0.3, 0.4) is 0 Å². The number of nitrogens with one attached hydrogen (secondary N) is 1. The molecule has 0 unspecified atom stereocenters. The van der Waals surface area contributed by atoms with Crippen LogP contribution < -0.4 is 5.32 Å². The maximum Gasteiger partial charge on any atom is 0.00981 e. The molecule has 4 atom stereocenters. The summed E-state index contributed by atoms with van der Waals surface area (Å²) in [5.74, 6) is 2.12. The van der Waals surface area contributed by atoms with Crippen molar-refractivity contribution in [1.82, 2.24) is 5.32 Å². The molecule has 1 aliphatic heterocycles. The van der Waals surface area contributed by atoms with E-state index in [2.05, 4.69) is 5.32 Å². The molecule has 3 aliphatic rings. The summed E-state index contributed by atoms with van der Waals surface area (Å²) in [6.45, 7) is 0. The highest BCUT2D eigenvalue weighted by Crippen LogP contribution is 2.42. The summed E-state index contributed by atoms with van der Waals surface area (Å²) in [5.41, 5.74) is 0. The van der Waals surface area contributed by atoms with Gasteiger partial charge in [-0.1, -0.05) is 12.8 Å². The first-order valence-corrected chi connectivity index (χ1v) is 5.69. The van der Waals surface area contributed by atoms with Gasteiger partial charge in [0.2, 0.25) is 0 Å². The molecule has 1 N–H and O–H groups in total. The Bertz CT molecular complexity index is 142. The van der Waals surface area contributed by atoms with Crippen LogP contribution in [0.5, 0.6) is 0 Å². The number of hydrogen-bond donors (Lipinski definition) is 1. The number of fused-ring (bicyclic) bond motifs is 2. The van der Waals surface area contributed by atoms with Crippen LogP contribution in [0, 0.1) is 11.8 Å². The molecule has 1 heterocycles. The fraction of sp³-hybridized carbons (Fsp3) is 1.00. The van der Waals surface area contributed by atoms with E-state index in [0.717, 1.165) is 23.9 Å². The Morgan fingerprint density at radius 1 is 0.750 bits per heavy atom. The first-order chi connectivity index (χ1) is 5.93. The molecule has 0 bridgehead atoms. The van der Waals surface area contributed by atoms with Crippen molar-refractivity contribution < 1.29 is 0 Å². The normalized spacial score (nSPS) is 52.0. The van der Waals surface area contributed by atoms with E-state index in [9.17, 15) is 0 Å². The van der Waals surface area contributed by atoms with Crippen molar-refractivity contribution in [3.8, 4) is 0 Å². The molecule has 3 rings (SSSR count). The van der Waals surface area contributed by atoms with Gasteiger partial charge in [0.1, 0.15) is 0 Å². The topological polar surface area (TPSA) is 12.0 Å². The average Bonchev–Trinajstić information content (AvgIpc) is 2.64. The van der Waals surface area contributed by atoms with Gasteiger partial charge >= 0.3 is 0 Å². The van der Waals surface area contributed by atoms with Gasteiger partial charge in [0, 0.05) is 12.1 Å². The molecule has 0 spiro atoms. The minimum absolute atomic E-state index is 0.921. The van der Waals surface area contributed by atoms with Crippen molar-refractivity contribution in [2.45, 2.75) is 57.0 Å². The molecule has 0 aromatic carbocycles. The first kappa shape index (κ1) is 7.37. The van der Waals surface area contributed by atoms with Crippen molar-refractivity contribution in [2.75, 3.05) is 0 Å². The summed E-state index contributed by atoms with van der Waals surface area (Å²) in [5, 5.41) is 3.88. The second kappa shape index (κ2) is 2.73. The van der Waals surface area contributed by atoms with Gasteiger partial charge in [-0.2, -0.15) is 0 Å². The molecular weight excluding hydrogens is 146 g/mol. The Labute approximate surface area is 74.9 Å². The Morgan fingerprint density at radius 3 is 1.92 bits per heavy atom. The van der Waals surface area contributed by atoms with E-state index in [-0.39, 0.29) is 0 Å². The van der Waals surface area contributed by atoms with Gasteiger partial charge in [-0.05, 0) is 43.9 Å². The van der Waals surface area contributed by atoms with E-state index >= 15 is 0 Å².